The highest BCUT2D eigenvalue weighted by atomic mass is 16.6. The normalized spacial score (nSPS) is 21.8. The van der Waals surface area contributed by atoms with Gasteiger partial charge in [0.2, 0.25) is 0 Å². The van der Waals surface area contributed by atoms with Crippen LogP contribution in [0.4, 0.5) is 9.59 Å². The standard InChI is InChI=1S/C37H49N6O4/c1-36(2,3)46-34(44)42-20-8-11-31(42)33-38-23-30(41-33)25-14-12-24(13-15-25)26-16-18-28-29(22-26)40-32(39-28)19-17-27-10-9-21-43(27,7)35(45)47-37(4,5)6/h12-16,18,22-23,27,31H,8-11,17,19-21H2,1-7H3,(H,38,41)(H,39,40)/q+1. The fraction of sp³-hybridized carbons (Fsp3) is 0.514. The third-order valence-corrected chi connectivity index (χ3v) is 9.34. The lowest BCUT2D eigenvalue weighted by atomic mass is 10.0. The molecule has 4 aromatic rings. The fourth-order valence-electron chi connectivity index (χ4n) is 6.91. The van der Waals surface area contributed by atoms with Crippen LogP contribution < -0.4 is 0 Å². The number of carbonyl (C=O) groups is 2. The summed E-state index contributed by atoms with van der Waals surface area (Å²) in [4.78, 5) is 44.1. The van der Waals surface area contributed by atoms with E-state index in [4.69, 9.17) is 14.5 Å². The number of likely N-dealkylation sites (tertiary alicyclic amines) is 2. The molecule has 2 aromatic heterocycles. The van der Waals surface area contributed by atoms with Gasteiger partial charge < -0.3 is 19.4 Å². The maximum absolute atomic E-state index is 13.1. The predicted molar refractivity (Wildman–Crippen MR) is 183 cm³/mol. The Balaban J connectivity index is 1.11. The summed E-state index contributed by atoms with van der Waals surface area (Å²) in [5.41, 5.74) is 5.07. The Morgan fingerprint density at radius 3 is 2.34 bits per heavy atom. The van der Waals surface area contributed by atoms with E-state index >= 15 is 0 Å². The molecule has 47 heavy (non-hydrogen) atoms. The van der Waals surface area contributed by atoms with Gasteiger partial charge in [0.25, 0.3) is 0 Å². The number of benzene rings is 2. The van der Waals surface area contributed by atoms with Crippen LogP contribution >= 0.6 is 0 Å². The molecule has 2 saturated heterocycles. The number of amides is 2. The molecule has 3 unspecified atom stereocenters. The minimum atomic E-state index is -0.536. The molecule has 3 atom stereocenters. The zero-order valence-electron chi connectivity index (χ0n) is 28.9. The van der Waals surface area contributed by atoms with Gasteiger partial charge in [-0.3, -0.25) is 4.90 Å². The second-order valence-electron chi connectivity index (χ2n) is 15.3. The number of aromatic nitrogens is 4. The van der Waals surface area contributed by atoms with Gasteiger partial charge in [-0.1, -0.05) is 30.3 Å². The van der Waals surface area contributed by atoms with Gasteiger partial charge in [-0.25, -0.2) is 19.2 Å². The van der Waals surface area contributed by atoms with Crippen molar-refractivity contribution in [3.63, 3.8) is 0 Å². The van der Waals surface area contributed by atoms with Crippen LogP contribution in [-0.2, 0) is 15.9 Å². The average Bonchev–Trinajstić information content (AvgIpc) is 3.80. The summed E-state index contributed by atoms with van der Waals surface area (Å²) in [6, 6.07) is 14.9. The van der Waals surface area contributed by atoms with Crippen LogP contribution in [0.15, 0.2) is 48.7 Å². The Kier molecular flexibility index (Phi) is 8.67. The Morgan fingerprint density at radius 1 is 0.915 bits per heavy atom. The van der Waals surface area contributed by atoms with Crippen molar-refractivity contribution in [3.05, 3.63) is 60.3 Å². The van der Waals surface area contributed by atoms with E-state index < -0.39 is 11.2 Å². The number of fused-ring (bicyclic) bond motifs is 1. The maximum atomic E-state index is 13.1. The van der Waals surface area contributed by atoms with Crippen molar-refractivity contribution in [3.8, 4) is 22.4 Å². The Hall–Kier alpha value is -4.18. The van der Waals surface area contributed by atoms with Crippen LogP contribution in [0.2, 0.25) is 0 Å². The maximum Gasteiger partial charge on any atom is 0.516 e. The smallest absolute Gasteiger partial charge is 0.444 e. The highest BCUT2D eigenvalue weighted by Gasteiger charge is 2.47. The Labute approximate surface area is 277 Å². The number of imidazole rings is 2. The number of hydrogen-bond acceptors (Lipinski definition) is 6. The molecule has 2 amide bonds. The summed E-state index contributed by atoms with van der Waals surface area (Å²) in [5, 5.41) is 0. The molecule has 0 bridgehead atoms. The van der Waals surface area contributed by atoms with Crippen molar-refractivity contribution < 1.29 is 23.5 Å². The number of aromatic amines is 2. The van der Waals surface area contributed by atoms with Gasteiger partial charge in [0.1, 0.15) is 22.9 Å². The SMILES string of the molecule is CC(C)(C)OC(=O)N1CCCC1c1ncc(-c2ccc(-c3ccc4nc(CCC5CCC[N+]5(C)C(=O)OC(C)(C)C)[nH]c4c3)cc2)[nH]1. The number of rotatable bonds is 6. The van der Waals surface area contributed by atoms with Gasteiger partial charge in [0.05, 0.1) is 48.6 Å². The lowest BCUT2D eigenvalue weighted by Crippen LogP contribution is -2.54. The van der Waals surface area contributed by atoms with E-state index in [0.717, 1.165) is 90.1 Å². The van der Waals surface area contributed by atoms with Gasteiger partial charge in [-0.05, 0) is 83.2 Å². The van der Waals surface area contributed by atoms with Gasteiger partial charge in [-0.2, -0.15) is 4.79 Å². The quantitative estimate of drug-likeness (QED) is 0.205. The lowest BCUT2D eigenvalue weighted by molar-refractivity contribution is -0.851. The summed E-state index contributed by atoms with van der Waals surface area (Å²) >= 11 is 0. The molecule has 0 radical (unpaired) electrons. The van der Waals surface area contributed by atoms with E-state index in [9.17, 15) is 9.59 Å². The number of carbonyl (C=O) groups excluding carboxylic acids is 2. The molecule has 0 aliphatic carbocycles. The summed E-state index contributed by atoms with van der Waals surface area (Å²) in [7, 11) is 2.02. The first-order valence-corrected chi connectivity index (χ1v) is 16.9. The van der Waals surface area contributed by atoms with Crippen LogP contribution in [0.25, 0.3) is 33.4 Å². The summed E-state index contributed by atoms with van der Waals surface area (Å²) in [6.07, 6.45) is 6.89. The Bertz CT molecular complexity index is 1740. The third-order valence-electron chi connectivity index (χ3n) is 9.34. The number of H-pyrrole nitrogens is 2. The van der Waals surface area contributed by atoms with E-state index in [1.54, 1.807) is 4.90 Å². The third kappa shape index (κ3) is 7.22. The topological polar surface area (TPSA) is 113 Å². The van der Waals surface area contributed by atoms with Crippen LogP contribution in [0.3, 0.4) is 0 Å². The summed E-state index contributed by atoms with van der Waals surface area (Å²) in [6.45, 7) is 12.9. The van der Waals surface area contributed by atoms with Gasteiger partial charge in [0.15, 0.2) is 0 Å². The van der Waals surface area contributed by atoms with Crippen molar-refractivity contribution in [2.24, 2.45) is 0 Å². The fourth-order valence-corrected chi connectivity index (χ4v) is 6.91. The predicted octanol–water partition coefficient (Wildman–Crippen LogP) is 8.17. The van der Waals surface area contributed by atoms with Gasteiger partial charge >= 0.3 is 12.2 Å². The summed E-state index contributed by atoms with van der Waals surface area (Å²) < 4.78 is 11.7. The van der Waals surface area contributed by atoms with E-state index in [1.165, 1.54) is 0 Å². The molecule has 4 heterocycles. The lowest BCUT2D eigenvalue weighted by Gasteiger charge is -2.34. The largest absolute Gasteiger partial charge is 0.516 e. The number of ether oxygens (including phenoxy) is 2. The molecular weight excluding hydrogens is 592 g/mol. The van der Waals surface area contributed by atoms with E-state index in [0.29, 0.717) is 11.0 Å². The molecule has 2 aliphatic rings. The molecule has 2 fully saturated rings. The number of quaternary nitrogens is 1. The molecule has 250 valence electrons. The minimum absolute atomic E-state index is 0.115. The van der Waals surface area contributed by atoms with E-state index in [1.807, 2.05) is 54.8 Å². The highest BCUT2D eigenvalue weighted by molar-refractivity contribution is 5.82. The molecule has 0 spiro atoms. The van der Waals surface area contributed by atoms with Gasteiger partial charge in [-0.15, -0.1) is 0 Å². The van der Waals surface area contributed by atoms with E-state index in [2.05, 4.69) is 57.4 Å². The molecule has 2 aromatic carbocycles. The molecule has 2 N–H and O–H groups in total. The first-order chi connectivity index (χ1) is 22.2. The number of hydrogen-bond donors (Lipinski definition) is 2. The van der Waals surface area contributed by atoms with Crippen molar-refractivity contribution >= 4 is 23.2 Å². The zero-order chi connectivity index (χ0) is 33.6. The second-order valence-corrected chi connectivity index (χ2v) is 15.3. The van der Waals surface area contributed by atoms with Crippen LogP contribution in [0.5, 0.6) is 0 Å². The molecule has 10 heteroatoms. The van der Waals surface area contributed by atoms with Crippen LogP contribution in [-0.4, -0.2) is 78.9 Å². The van der Waals surface area contributed by atoms with Crippen LogP contribution in [0.1, 0.15) is 91.3 Å². The number of nitrogens with zero attached hydrogens (tertiary/aromatic N) is 4. The number of aryl methyl sites for hydroxylation is 1. The molecule has 2 aliphatic heterocycles. The van der Waals surface area contributed by atoms with Crippen molar-refractivity contribution in [2.45, 2.75) is 103 Å². The first-order valence-electron chi connectivity index (χ1n) is 16.9. The molecule has 0 saturated carbocycles. The average molecular weight is 642 g/mol. The second kappa shape index (κ2) is 12.4. The number of nitrogens with one attached hydrogen (secondary N) is 2. The molecule has 10 nitrogen and oxygen atoms in total. The minimum Gasteiger partial charge on any atom is -0.444 e. The van der Waals surface area contributed by atoms with Gasteiger partial charge in [0, 0.05) is 32.2 Å². The van der Waals surface area contributed by atoms with E-state index in [-0.39, 0.29) is 24.3 Å². The molecule has 6 rings (SSSR count). The summed E-state index contributed by atoms with van der Waals surface area (Å²) in [5.74, 6) is 1.73. The zero-order valence-corrected chi connectivity index (χ0v) is 28.9. The molecular formula is C37H49N6O4+. The van der Waals surface area contributed by atoms with Crippen molar-refractivity contribution in [1.82, 2.24) is 24.8 Å². The first kappa shape index (κ1) is 32.7. The van der Waals surface area contributed by atoms with Crippen molar-refractivity contribution in [2.75, 3.05) is 20.1 Å². The highest BCUT2D eigenvalue weighted by Crippen LogP contribution is 2.34. The monoisotopic (exact) mass is 641 g/mol. The van der Waals surface area contributed by atoms with Crippen LogP contribution in [0, 0.1) is 0 Å². The van der Waals surface area contributed by atoms with Crippen molar-refractivity contribution in [1.29, 1.82) is 0 Å². The Morgan fingerprint density at radius 2 is 1.62 bits per heavy atom.